The molecule has 0 spiro atoms. The van der Waals surface area contributed by atoms with Crippen LogP contribution in [0, 0.1) is 10.1 Å². The minimum atomic E-state index is -0.512. The summed E-state index contributed by atoms with van der Waals surface area (Å²) in [7, 11) is 1.29. The lowest BCUT2D eigenvalue weighted by atomic mass is 10.3. The van der Waals surface area contributed by atoms with E-state index in [1.54, 1.807) is 4.90 Å². The molecule has 7 nitrogen and oxygen atoms in total. The Bertz CT molecular complexity index is 436. The zero-order valence-corrected chi connectivity index (χ0v) is 10.3. The van der Waals surface area contributed by atoms with E-state index in [2.05, 4.69) is 9.72 Å². The van der Waals surface area contributed by atoms with E-state index in [0.29, 0.717) is 12.2 Å². The first-order valence-corrected chi connectivity index (χ1v) is 5.50. The van der Waals surface area contributed by atoms with Crippen molar-refractivity contribution in [3.8, 4) is 0 Å². The van der Waals surface area contributed by atoms with E-state index < -0.39 is 10.9 Å². The molecule has 0 aromatic carbocycles. The lowest BCUT2D eigenvalue weighted by Crippen LogP contribution is -2.31. The molecule has 1 aromatic heterocycles. The lowest BCUT2D eigenvalue weighted by molar-refractivity contribution is -0.384. The van der Waals surface area contributed by atoms with Gasteiger partial charge in [0.2, 0.25) is 0 Å². The monoisotopic (exact) mass is 253 g/mol. The van der Waals surface area contributed by atoms with Gasteiger partial charge in [-0.15, -0.1) is 0 Å². The average molecular weight is 253 g/mol. The van der Waals surface area contributed by atoms with E-state index in [1.807, 2.05) is 6.92 Å². The van der Waals surface area contributed by atoms with Crippen LogP contribution in [0.3, 0.4) is 0 Å². The summed E-state index contributed by atoms with van der Waals surface area (Å²) in [4.78, 5) is 27.0. The summed E-state index contributed by atoms with van der Waals surface area (Å²) in [5.41, 5.74) is 0.261. The molecule has 18 heavy (non-hydrogen) atoms. The van der Waals surface area contributed by atoms with Gasteiger partial charge in [-0.2, -0.15) is 0 Å². The fraction of sp³-hybridized carbons (Fsp3) is 0.455. The Morgan fingerprint density at radius 2 is 2.33 bits per heavy atom. The summed E-state index contributed by atoms with van der Waals surface area (Å²) >= 11 is 0. The highest BCUT2D eigenvalue weighted by molar-refractivity contribution is 5.77. The molecular formula is C11H15N3O4. The van der Waals surface area contributed by atoms with Crippen LogP contribution in [0.2, 0.25) is 0 Å². The Morgan fingerprint density at radius 1 is 1.61 bits per heavy atom. The number of nitro groups is 1. The van der Waals surface area contributed by atoms with E-state index in [-0.39, 0.29) is 12.2 Å². The summed E-state index contributed by atoms with van der Waals surface area (Å²) in [6.07, 6.45) is 3.40. The molecule has 0 saturated heterocycles. The minimum absolute atomic E-state index is 0.0187. The molecule has 0 radical (unpaired) electrons. The number of carbonyl (C=O) groups is 1. The normalized spacial score (nSPS) is 9.89. The number of ether oxygens (including phenoxy) is 1. The molecule has 1 aromatic rings. The zero-order chi connectivity index (χ0) is 13.5. The number of carbonyl (C=O) groups excluding carboxylic acids is 1. The standard InChI is InChI=1S/C11H15N3O4/c1-3-6-13(8-11(15)18-2)9-4-5-12-7-10(9)14(16)17/h4-5,7H,3,6,8H2,1-2H3. The summed E-state index contributed by atoms with van der Waals surface area (Å²) in [5.74, 6) is -0.436. The maximum absolute atomic E-state index is 11.3. The summed E-state index contributed by atoms with van der Waals surface area (Å²) in [6, 6.07) is 1.52. The topological polar surface area (TPSA) is 85.6 Å². The Balaban J connectivity index is 3.04. The van der Waals surface area contributed by atoms with Crippen LogP contribution in [-0.4, -0.2) is 36.1 Å². The molecule has 0 amide bonds. The number of hydrogen-bond acceptors (Lipinski definition) is 6. The predicted molar refractivity (Wildman–Crippen MR) is 65.4 cm³/mol. The van der Waals surface area contributed by atoms with Gasteiger partial charge in [0, 0.05) is 12.7 Å². The first kappa shape index (κ1) is 13.9. The molecule has 0 N–H and O–H groups in total. The average Bonchev–Trinajstić information content (AvgIpc) is 2.38. The van der Waals surface area contributed by atoms with Crippen molar-refractivity contribution >= 4 is 17.3 Å². The lowest BCUT2D eigenvalue weighted by Gasteiger charge is -2.22. The van der Waals surface area contributed by atoms with Gasteiger partial charge in [-0.1, -0.05) is 6.92 Å². The third-order valence-corrected chi connectivity index (χ3v) is 2.36. The van der Waals surface area contributed by atoms with Gasteiger partial charge in [-0.05, 0) is 12.5 Å². The molecule has 0 unspecified atom stereocenters. The van der Waals surface area contributed by atoms with Gasteiger partial charge < -0.3 is 9.64 Å². The van der Waals surface area contributed by atoms with Gasteiger partial charge in [0.05, 0.1) is 12.0 Å². The van der Waals surface area contributed by atoms with Crippen LogP contribution in [0.25, 0.3) is 0 Å². The van der Waals surface area contributed by atoms with Crippen LogP contribution in [0.1, 0.15) is 13.3 Å². The first-order chi connectivity index (χ1) is 8.60. The molecule has 0 aliphatic carbocycles. The highest BCUT2D eigenvalue weighted by Crippen LogP contribution is 2.26. The summed E-state index contributed by atoms with van der Waals surface area (Å²) in [5, 5.41) is 10.9. The Labute approximate surface area is 105 Å². The number of hydrogen-bond donors (Lipinski definition) is 0. The fourth-order valence-corrected chi connectivity index (χ4v) is 1.56. The number of pyridine rings is 1. The number of nitrogens with zero attached hydrogens (tertiary/aromatic N) is 3. The molecule has 0 saturated carbocycles. The first-order valence-electron chi connectivity index (χ1n) is 5.50. The van der Waals surface area contributed by atoms with Gasteiger partial charge in [0.15, 0.2) is 0 Å². The van der Waals surface area contributed by atoms with Crippen LogP contribution in [0.4, 0.5) is 11.4 Å². The predicted octanol–water partition coefficient (Wildman–Crippen LogP) is 1.38. The van der Waals surface area contributed by atoms with Crippen LogP contribution >= 0.6 is 0 Å². The Hall–Kier alpha value is -2.18. The highest BCUT2D eigenvalue weighted by Gasteiger charge is 2.20. The SMILES string of the molecule is CCCN(CC(=O)OC)c1ccncc1[N+](=O)[O-]. The van der Waals surface area contributed by atoms with E-state index in [0.717, 1.165) is 6.42 Å². The van der Waals surface area contributed by atoms with E-state index in [9.17, 15) is 14.9 Å². The Kier molecular flexibility index (Phi) is 5.04. The second-order valence-corrected chi connectivity index (χ2v) is 3.62. The molecular weight excluding hydrogens is 238 g/mol. The summed E-state index contributed by atoms with van der Waals surface area (Å²) in [6.45, 7) is 2.44. The van der Waals surface area contributed by atoms with Gasteiger partial charge >= 0.3 is 11.7 Å². The molecule has 0 atom stereocenters. The Morgan fingerprint density at radius 3 is 2.89 bits per heavy atom. The molecule has 0 fully saturated rings. The number of esters is 1. The molecule has 1 rings (SSSR count). The van der Waals surface area contributed by atoms with Gasteiger partial charge in [0.1, 0.15) is 18.4 Å². The second kappa shape index (κ2) is 6.53. The summed E-state index contributed by atoms with van der Waals surface area (Å²) < 4.78 is 4.58. The van der Waals surface area contributed by atoms with Crippen molar-refractivity contribution in [2.75, 3.05) is 25.1 Å². The number of aromatic nitrogens is 1. The quantitative estimate of drug-likeness (QED) is 0.432. The largest absolute Gasteiger partial charge is 0.468 e. The van der Waals surface area contributed by atoms with Gasteiger partial charge in [-0.25, -0.2) is 0 Å². The van der Waals surface area contributed by atoms with E-state index >= 15 is 0 Å². The number of methoxy groups -OCH3 is 1. The van der Waals surface area contributed by atoms with Crippen LogP contribution in [0.15, 0.2) is 18.5 Å². The van der Waals surface area contributed by atoms with Crippen molar-refractivity contribution < 1.29 is 14.5 Å². The van der Waals surface area contributed by atoms with Crippen molar-refractivity contribution in [1.29, 1.82) is 0 Å². The second-order valence-electron chi connectivity index (χ2n) is 3.62. The van der Waals surface area contributed by atoms with Gasteiger partial charge in [-0.3, -0.25) is 19.9 Å². The van der Waals surface area contributed by atoms with Crippen LogP contribution in [-0.2, 0) is 9.53 Å². The molecule has 98 valence electrons. The van der Waals surface area contributed by atoms with Gasteiger partial charge in [0.25, 0.3) is 0 Å². The molecule has 7 heteroatoms. The van der Waals surface area contributed by atoms with Crippen molar-refractivity contribution in [3.63, 3.8) is 0 Å². The third kappa shape index (κ3) is 3.41. The molecule has 0 aliphatic rings. The number of rotatable bonds is 6. The zero-order valence-electron chi connectivity index (χ0n) is 10.3. The fourth-order valence-electron chi connectivity index (χ4n) is 1.56. The van der Waals surface area contributed by atoms with Crippen LogP contribution < -0.4 is 4.90 Å². The maximum atomic E-state index is 11.3. The maximum Gasteiger partial charge on any atom is 0.325 e. The minimum Gasteiger partial charge on any atom is -0.468 e. The number of anilines is 1. The van der Waals surface area contributed by atoms with Crippen molar-refractivity contribution in [3.05, 3.63) is 28.6 Å². The van der Waals surface area contributed by atoms with Crippen molar-refractivity contribution in [1.82, 2.24) is 4.98 Å². The highest BCUT2D eigenvalue weighted by atomic mass is 16.6. The van der Waals surface area contributed by atoms with E-state index in [1.165, 1.54) is 25.6 Å². The molecule has 0 bridgehead atoms. The third-order valence-electron chi connectivity index (χ3n) is 2.36. The molecule has 0 aliphatic heterocycles. The van der Waals surface area contributed by atoms with Crippen molar-refractivity contribution in [2.45, 2.75) is 13.3 Å². The molecule has 1 heterocycles. The van der Waals surface area contributed by atoms with Crippen molar-refractivity contribution in [2.24, 2.45) is 0 Å². The van der Waals surface area contributed by atoms with Crippen LogP contribution in [0.5, 0.6) is 0 Å². The van der Waals surface area contributed by atoms with E-state index in [4.69, 9.17) is 0 Å². The smallest absolute Gasteiger partial charge is 0.325 e.